The van der Waals surface area contributed by atoms with Gasteiger partial charge >= 0.3 is 0 Å². The van der Waals surface area contributed by atoms with E-state index >= 15 is 0 Å². The summed E-state index contributed by atoms with van der Waals surface area (Å²) in [4.78, 5) is 11.5. The number of carbonyl (C=O) groups excluding carboxylic acids is 1. The molecule has 5 heteroatoms. The van der Waals surface area contributed by atoms with Crippen molar-refractivity contribution < 1.29 is 9.53 Å². The topological polar surface area (TPSA) is 57.2 Å². The number of hydrogen-bond acceptors (Lipinski definition) is 2. The van der Waals surface area contributed by atoms with Gasteiger partial charge in [0.1, 0.15) is 0 Å². The van der Waals surface area contributed by atoms with Crippen LogP contribution in [-0.2, 0) is 11.3 Å². The fraction of sp³-hybridized carbons (Fsp3) is 0.615. The maximum atomic E-state index is 11.5. The predicted octanol–water partition coefficient (Wildman–Crippen LogP) is 2.71. The molecule has 18 heavy (non-hydrogen) atoms. The van der Waals surface area contributed by atoms with E-state index in [-0.39, 0.29) is 5.92 Å². The number of carbonyl (C=O) groups is 1. The Hall–Kier alpha value is -1.00. The quantitative estimate of drug-likeness (QED) is 0.810. The van der Waals surface area contributed by atoms with Crippen LogP contribution in [-0.4, -0.2) is 24.2 Å². The lowest BCUT2D eigenvalue weighted by Gasteiger charge is -2.14. The van der Waals surface area contributed by atoms with Crippen LogP contribution in [0.3, 0.4) is 0 Å². The molecule has 0 spiro atoms. The minimum absolute atomic E-state index is 0.242. The minimum atomic E-state index is -0.468. The molecular formula is C13H21ClN2O2. The van der Waals surface area contributed by atoms with Crippen molar-refractivity contribution in [1.29, 1.82) is 0 Å². The Labute approximate surface area is 113 Å². The summed E-state index contributed by atoms with van der Waals surface area (Å²) < 4.78 is 7.13. The molecule has 1 heterocycles. The summed E-state index contributed by atoms with van der Waals surface area (Å²) in [7, 11) is 1.67. The third kappa shape index (κ3) is 2.87. The molecule has 102 valence electrons. The summed E-state index contributed by atoms with van der Waals surface area (Å²) in [6.07, 6.45) is 0.875. The van der Waals surface area contributed by atoms with Crippen molar-refractivity contribution >= 4 is 17.5 Å². The molecule has 0 aliphatic rings. The summed E-state index contributed by atoms with van der Waals surface area (Å²) in [6.45, 7) is 7.44. The number of hydrogen-bond donors (Lipinski definition) is 1. The lowest BCUT2D eigenvalue weighted by Crippen LogP contribution is -2.13. The minimum Gasteiger partial charge on any atom is -0.385 e. The zero-order valence-corrected chi connectivity index (χ0v) is 12.2. The number of ether oxygens (including phenoxy) is 1. The second-order valence-electron chi connectivity index (χ2n) is 4.68. The Kier molecular flexibility index (Phi) is 5.23. The van der Waals surface area contributed by atoms with Crippen molar-refractivity contribution in [3.8, 4) is 0 Å². The first-order chi connectivity index (χ1) is 8.41. The third-order valence-electron chi connectivity index (χ3n) is 3.03. The van der Waals surface area contributed by atoms with Gasteiger partial charge in [-0.3, -0.25) is 4.79 Å². The zero-order valence-electron chi connectivity index (χ0n) is 11.4. The SMILES string of the molecule is COCCCn1c(C)c(C(N)=O)c(Cl)c1C(C)C. The van der Waals surface area contributed by atoms with Crippen LogP contribution in [0.2, 0.25) is 5.02 Å². The highest BCUT2D eigenvalue weighted by Gasteiger charge is 2.23. The van der Waals surface area contributed by atoms with Gasteiger partial charge in [0.2, 0.25) is 0 Å². The average molecular weight is 273 g/mol. The zero-order chi connectivity index (χ0) is 13.9. The summed E-state index contributed by atoms with van der Waals surface area (Å²) in [5.74, 6) is -0.225. The van der Waals surface area contributed by atoms with Gasteiger partial charge in [-0.05, 0) is 19.3 Å². The van der Waals surface area contributed by atoms with Crippen LogP contribution in [0.4, 0.5) is 0 Å². The van der Waals surface area contributed by atoms with Crippen LogP contribution in [0.15, 0.2) is 0 Å². The van der Waals surface area contributed by atoms with Crippen molar-refractivity contribution in [3.05, 3.63) is 22.0 Å². The van der Waals surface area contributed by atoms with Gasteiger partial charge in [-0.1, -0.05) is 25.4 Å². The van der Waals surface area contributed by atoms with Crippen LogP contribution < -0.4 is 5.73 Å². The highest BCUT2D eigenvalue weighted by Crippen LogP contribution is 2.32. The van der Waals surface area contributed by atoms with E-state index < -0.39 is 5.91 Å². The molecule has 0 bridgehead atoms. The van der Waals surface area contributed by atoms with E-state index in [0.717, 1.165) is 24.4 Å². The first-order valence-corrected chi connectivity index (χ1v) is 6.46. The Morgan fingerprint density at radius 1 is 1.50 bits per heavy atom. The van der Waals surface area contributed by atoms with Gasteiger partial charge in [-0.15, -0.1) is 0 Å². The molecule has 0 fully saturated rings. The molecule has 1 amide bonds. The molecule has 0 atom stereocenters. The molecule has 0 aliphatic carbocycles. The second kappa shape index (κ2) is 6.25. The Bertz CT molecular complexity index is 439. The van der Waals surface area contributed by atoms with Gasteiger partial charge in [-0.2, -0.15) is 0 Å². The highest BCUT2D eigenvalue weighted by atomic mass is 35.5. The van der Waals surface area contributed by atoms with E-state index in [0.29, 0.717) is 17.2 Å². The van der Waals surface area contributed by atoms with E-state index in [1.54, 1.807) is 7.11 Å². The largest absolute Gasteiger partial charge is 0.385 e. The van der Waals surface area contributed by atoms with E-state index in [1.807, 2.05) is 6.92 Å². The predicted molar refractivity (Wildman–Crippen MR) is 73.3 cm³/mol. The van der Waals surface area contributed by atoms with Gasteiger partial charge in [0, 0.05) is 31.6 Å². The maximum absolute atomic E-state index is 11.5. The molecule has 0 unspecified atom stereocenters. The van der Waals surface area contributed by atoms with E-state index in [9.17, 15) is 4.79 Å². The number of rotatable bonds is 6. The standard InChI is InChI=1S/C13H21ClN2O2/c1-8(2)12-11(14)10(13(15)17)9(3)16(12)6-5-7-18-4/h8H,5-7H2,1-4H3,(H2,15,17). The molecule has 1 aromatic rings. The molecule has 0 saturated heterocycles. The van der Waals surface area contributed by atoms with Crippen molar-refractivity contribution in [1.82, 2.24) is 4.57 Å². The van der Waals surface area contributed by atoms with Crippen molar-refractivity contribution in [2.24, 2.45) is 5.73 Å². The Morgan fingerprint density at radius 3 is 2.56 bits per heavy atom. The van der Waals surface area contributed by atoms with Crippen molar-refractivity contribution in [3.63, 3.8) is 0 Å². The summed E-state index contributed by atoms with van der Waals surface area (Å²) >= 11 is 6.28. The summed E-state index contributed by atoms with van der Waals surface area (Å²) in [5, 5.41) is 0.493. The van der Waals surface area contributed by atoms with Crippen LogP contribution in [0.1, 0.15) is 47.9 Å². The number of amides is 1. The van der Waals surface area contributed by atoms with E-state index in [1.165, 1.54) is 0 Å². The monoisotopic (exact) mass is 272 g/mol. The van der Waals surface area contributed by atoms with Gasteiger partial charge in [-0.25, -0.2) is 0 Å². The fourth-order valence-electron chi connectivity index (χ4n) is 2.23. The highest BCUT2D eigenvalue weighted by molar-refractivity contribution is 6.34. The molecule has 2 N–H and O–H groups in total. The third-order valence-corrected chi connectivity index (χ3v) is 3.41. The number of aromatic nitrogens is 1. The van der Waals surface area contributed by atoms with Gasteiger partial charge in [0.15, 0.2) is 0 Å². The van der Waals surface area contributed by atoms with Crippen LogP contribution in [0, 0.1) is 6.92 Å². The first-order valence-electron chi connectivity index (χ1n) is 6.09. The molecule has 0 aliphatic heterocycles. The number of primary amides is 1. The Balaban J connectivity index is 3.21. The maximum Gasteiger partial charge on any atom is 0.252 e. The van der Waals surface area contributed by atoms with Crippen molar-refractivity contribution in [2.45, 2.75) is 39.7 Å². The number of halogens is 1. The second-order valence-corrected chi connectivity index (χ2v) is 5.05. The molecule has 0 aromatic carbocycles. The average Bonchev–Trinajstić information content (AvgIpc) is 2.50. The normalized spacial score (nSPS) is 11.2. The number of methoxy groups -OCH3 is 1. The van der Waals surface area contributed by atoms with Crippen LogP contribution >= 0.6 is 11.6 Å². The lowest BCUT2D eigenvalue weighted by molar-refractivity contribution is 0.0999. The van der Waals surface area contributed by atoms with Gasteiger partial charge in [0.05, 0.1) is 10.6 Å². The molecule has 1 aromatic heterocycles. The number of nitrogens with two attached hydrogens (primary N) is 1. The molecular weight excluding hydrogens is 252 g/mol. The van der Waals surface area contributed by atoms with Crippen LogP contribution in [0.5, 0.6) is 0 Å². The summed E-state index contributed by atoms with van der Waals surface area (Å²) in [6, 6.07) is 0. The molecule has 4 nitrogen and oxygen atoms in total. The Morgan fingerprint density at radius 2 is 2.11 bits per heavy atom. The fourth-order valence-corrected chi connectivity index (χ4v) is 2.78. The van der Waals surface area contributed by atoms with Crippen molar-refractivity contribution in [2.75, 3.05) is 13.7 Å². The lowest BCUT2D eigenvalue weighted by atomic mass is 10.1. The summed E-state index contributed by atoms with van der Waals surface area (Å²) in [5.41, 5.74) is 7.65. The van der Waals surface area contributed by atoms with E-state index in [4.69, 9.17) is 22.1 Å². The molecule has 0 radical (unpaired) electrons. The van der Waals surface area contributed by atoms with Gasteiger partial charge in [0.25, 0.3) is 5.91 Å². The molecule has 1 rings (SSSR count). The van der Waals surface area contributed by atoms with Crippen LogP contribution in [0.25, 0.3) is 0 Å². The van der Waals surface area contributed by atoms with Gasteiger partial charge < -0.3 is 15.0 Å². The first kappa shape index (κ1) is 15.1. The number of nitrogens with zero attached hydrogens (tertiary/aromatic N) is 1. The van der Waals surface area contributed by atoms with E-state index in [2.05, 4.69) is 18.4 Å². The molecule has 0 saturated carbocycles. The smallest absolute Gasteiger partial charge is 0.252 e.